The largest absolute Gasteiger partial charge is 0.455 e. The maximum absolute atomic E-state index is 14.5. The molecule has 5 rings (SSSR count). The van der Waals surface area contributed by atoms with Crippen LogP contribution < -0.4 is 5.32 Å². The Morgan fingerprint density at radius 2 is 1.71 bits per heavy atom. The van der Waals surface area contributed by atoms with Gasteiger partial charge < -0.3 is 39.6 Å². The molecule has 3 fully saturated rings. The molecule has 4 N–H and O–H groups in total. The number of fused-ring (bicyclic) bond motifs is 5. The predicted octanol–water partition coefficient (Wildman–Crippen LogP) is 4.34. The van der Waals surface area contributed by atoms with Crippen LogP contribution in [0.3, 0.4) is 0 Å². The van der Waals surface area contributed by atoms with E-state index >= 15 is 0 Å². The second kappa shape index (κ2) is 13.3. The summed E-state index contributed by atoms with van der Waals surface area (Å²) in [6.45, 7) is 17.7. The summed E-state index contributed by atoms with van der Waals surface area (Å²) in [5.41, 5.74) is -4.67. The van der Waals surface area contributed by atoms with Gasteiger partial charge in [-0.1, -0.05) is 65.0 Å². The fourth-order valence-corrected chi connectivity index (χ4v) is 9.69. The number of Topliss-reactive ketones (excluding diaryl/α,β-unsaturated/α-hetero) is 1. The summed E-state index contributed by atoms with van der Waals surface area (Å²) in [6.07, 6.45) is -6.81. The number of rotatable bonds is 7. The van der Waals surface area contributed by atoms with E-state index in [2.05, 4.69) is 5.32 Å². The molecule has 0 radical (unpaired) electrons. The van der Waals surface area contributed by atoms with Gasteiger partial charge in [-0.25, -0.2) is 9.59 Å². The van der Waals surface area contributed by atoms with Gasteiger partial charge in [-0.3, -0.25) is 9.59 Å². The first-order chi connectivity index (χ1) is 23.5. The zero-order chi connectivity index (χ0) is 38.1. The van der Waals surface area contributed by atoms with Crippen molar-refractivity contribution in [1.29, 1.82) is 0 Å². The Kier molecular flexibility index (Phi) is 10.1. The number of ether oxygens (including phenoxy) is 4. The van der Waals surface area contributed by atoms with E-state index in [1.54, 1.807) is 85.7 Å². The summed E-state index contributed by atoms with van der Waals surface area (Å²) in [4.78, 5) is 54.8. The van der Waals surface area contributed by atoms with E-state index in [0.717, 1.165) is 0 Å². The molecule has 2 saturated carbocycles. The van der Waals surface area contributed by atoms with Crippen LogP contribution in [0, 0.1) is 28.1 Å². The van der Waals surface area contributed by atoms with Crippen molar-refractivity contribution in [1.82, 2.24) is 5.32 Å². The highest BCUT2D eigenvalue weighted by molar-refractivity contribution is 5.93. The first kappa shape index (κ1) is 38.9. The smallest absolute Gasteiger partial charge is 0.408 e. The van der Waals surface area contributed by atoms with Gasteiger partial charge in [-0.05, 0) is 63.2 Å². The summed E-state index contributed by atoms with van der Waals surface area (Å²) in [7, 11) is 0. The number of aliphatic hydroxyl groups excluding tert-OH is 2. The van der Waals surface area contributed by atoms with Crippen LogP contribution in [0.4, 0.5) is 4.79 Å². The molecule has 12 nitrogen and oxygen atoms in total. The van der Waals surface area contributed by atoms with Crippen molar-refractivity contribution < 1.29 is 53.4 Å². The number of nitrogens with one attached hydrogen (secondary N) is 1. The quantitative estimate of drug-likeness (QED) is 0.180. The third-order valence-electron chi connectivity index (χ3n) is 12.5. The number of hydrogen-bond donors (Lipinski definition) is 4. The van der Waals surface area contributed by atoms with Crippen molar-refractivity contribution >= 4 is 23.8 Å². The molecule has 11 atom stereocenters. The van der Waals surface area contributed by atoms with E-state index in [-0.39, 0.29) is 30.9 Å². The molecule has 1 saturated heterocycles. The Bertz CT molecular complexity index is 1580. The van der Waals surface area contributed by atoms with Crippen LogP contribution >= 0.6 is 0 Å². The van der Waals surface area contributed by atoms with Crippen LogP contribution in [-0.4, -0.2) is 87.5 Å². The zero-order valence-corrected chi connectivity index (χ0v) is 31.4. The minimum Gasteiger partial charge on any atom is -0.455 e. The normalized spacial score (nSPS) is 36.9. The number of benzene rings is 1. The number of ketones is 1. The molecule has 51 heavy (non-hydrogen) atoms. The highest BCUT2D eigenvalue weighted by Crippen LogP contribution is 2.66. The molecule has 4 aliphatic rings. The molecule has 282 valence electrons. The molecule has 1 aromatic rings. The maximum Gasteiger partial charge on any atom is 0.408 e. The second-order valence-corrected chi connectivity index (χ2v) is 16.9. The van der Waals surface area contributed by atoms with Gasteiger partial charge >= 0.3 is 18.0 Å². The monoisotopic (exact) mass is 713 g/mol. The summed E-state index contributed by atoms with van der Waals surface area (Å²) in [5.74, 6) is -3.54. The van der Waals surface area contributed by atoms with Crippen LogP contribution in [0.5, 0.6) is 0 Å². The Morgan fingerprint density at radius 3 is 2.25 bits per heavy atom. The van der Waals surface area contributed by atoms with Crippen molar-refractivity contribution in [3.8, 4) is 0 Å². The minimum absolute atomic E-state index is 0.0700. The summed E-state index contributed by atoms with van der Waals surface area (Å²) < 4.78 is 23.2. The van der Waals surface area contributed by atoms with Gasteiger partial charge in [0.1, 0.15) is 23.9 Å². The molecule has 1 heterocycles. The van der Waals surface area contributed by atoms with E-state index in [1.165, 1.54) is 0 Å². The number of hydrogen-bond acceptors (Lipinski definition) is 11. The number of amides is 1. The van der Waals surface area contributed by atoms with Gasteiger partial charge in [0.05, 0.1) is 29.8 Å². The predicted molar refractivity (Wildman–Crippen MR) is 185 cm³/mol. The Balaban J connectivity index is 1.59. The third kappa shape index (κ3) is 6.29. The molecule has 0 aromatic heterocycles. The first-order valence-corrected chi connectivity index (χ1v) is 17.9. The molecule has 1 amide bonds. The van der Waals surface area contributed by atoms with Gasteiger partial charge in [-0.2, -0.15) is 0 Å². The lowest BCUT2D eigenvalue weighted by Crippen LogP contribution is -2.75. The Labute approximate surface area is 300 Å². The Hall–Kier alpha value is -3.32. The van der Waals surface area contributed by atoms with Gasteiger partial charge in [0.15, 0.2) is 5.78 Å². The van der Waals surface area contributed by atoms with Crippen molar-refractivity contribution in [2.45, 2.75) is 136 Å². The van der Waals surface area contributed by atoms with Crippen molar-refractivity contribution in [3.63, 3.8) is 0 Å². The molecule has 1 unspecified atom stereocenters. The number of alkyl carbamates (subject to hydrolysis) is 1. The van der Waals surface area contributed by atoms with E-state index in [9.17, 15) is 34.5 Å². The van der Waals surface area contributed by atoms with Crippen LogP contribution in [-0.2, 0) is 33.3 Å². The van der Waals surface area contributed by atoms with Crippen LogP contribution in [0.1, 0.15) is 100 Å². The molecule has 1 aromatic carbocycles. The molecular weight excluding hydrogens is 658 g/mol. The van der Waals surface area contributed by atoms with Gasteiger partial charge in [-0.15, -0.1) is 0 Å². The number of carbonyl (C=O) groups excluding carboxylic acids is 4. The SMILES string of the molecule is CCC(=O)O[C@@H](C(=O)O[C@H]1C[C@@]2(O)[C@@H](C)C3[C@]4(C)CO[C@@H]4C[C@H](O)[C@@]3(C)C(=O)[C@H](O)C(=C1C)C2(C)C)[C@@H](NC(=O)OC(C)(C)C)c1ccccc1. The van der Waals surface area contributed by atoms with Crippen LogP contribution in [0.15, 0.2) is 41.5 Å². The standard InChI is InChI=1S/C39H55NO11/c1-11-26(42)50-30(28(22-15-13-12-14-16-22)40-34(46)51-35(4,5)6)33(45)49-23-18-39(47)21(3)31-37(9)19-48-25(37)17-24(41)38(31,10)32(44)29(43)27(20(23)2)36(39,7)8/h12-16,21,23-25,28-31,41,43,47H,11,17-19H2,1-10H3,(H,40,46)/t21-,23-,24-,25+,28-,29+,30+,31?,37+,38+,39+/m0/s1. The lowest BCUT2D eigenvalue weighted by Gasteiger charge is -2.68. The highest BCUT2D eigenvalue weighted by atomic mass is 16.6. The minimum atomic E-state index is -1.72. The molecule has 12 heteroatoms. The lowest BCUT2D eigenvalue weighted by molar-refractivity contribution is -0.302. The number of aliphatic hydroxyl groups is 3. The lowest BCUT2D eigenvalue weighted by atomic mass is 9.40. The average Bonchev–Trinajstić information content (AvgIpc) is 3.04. The van der Waals surface area contributed by atoms with Gasteiger partial charge in [0.2, 0.25) is 6.10 Å². The van der Waals surface area contributed by atoms with Crippen LogP contribution in [0.2, 0.25) is 0 Å². The summed E-state index contributed by atoms with van der Waals surface area (Å²) >= 11 is 0. The van der Waals surface area contributed by atoms with Crippen LogP contribution in [0.25, 0.3) is 0 Å². The van der Waals surface area contributed by atoms with Gasteiger partial charge in [0, 0.05) is 30.1 Å². The van der Waals surface area contributed by atoms with Gasteiger partial charge in [0.25, 0.3) is 0 Å². The van der Waals surface area contributed by atoms with E-state index in [4.69, 9.17) is 18.9 Å². The Morgan fingerprint density at radius 1 is 1.08 bits per heavy atom. The molecular formula is C39H55NO11. The maximum atomic E-state index is 14.5. The fraction of sp³-hybridized carbons (Fsp3) is 0.692. The molecule has 0 spiro atoms. The van der Waals surface area contributed by atoms with E-state index < -0.39 is 93.6 Å². The highest BCUT2D eigenvalue weighted by Gasteiger charge is 2.73. The molecule has 2 bridgehead atoms. The van der Waals surface area contributed by atoms with Crippen molar-refractivity contribution in [2.75, 3.05) is 6.61 Å². The van der Waals surface area contributed by atoms with Crippen molar-refractivity contribution in [2.24, 2.45) is 28.1 Å². The van der Waals surface area contributed by atoms with E-state index in [1.807, 2.05) is 13.8 Å². The summed E-state index contributed by atoms with van der Waals surface area (Å²) in [5, 5.41) is 39.2. The molecule has 3 aliphatic carbocycles. The number of carbonyl (C=O) groups is 4. The van der Waals surface area contributed by atoms with E-state index in [0.29, 0.717) is 17.7 Å². The fourth-order valence-electron chi connectivity index (χ4n) is 9.69. The third-order valence-corrected chi connectivity index (χ3v) is 12.5. The van der Waals surface area contributed by atoms with Crippen molar-refractivity contribution in [3.05, 3.63) is 47.0 Å². The first-order valence-electron chi connectivity index (χ1n) is 17.9. The number of esters is 2. The average molecular weight is 714 g/mol. The molecule has 1 aliphatic heterocycles. The summed E-state index contributed by atoms with van der Waals surface area (Å²) in [6, 6.07) is 7.27. The topological polar surface area (TPSA) is 178 Å². The zero-order valence-electron chi connectivity index (χ0n) is 31.4. The second-order valence-electron chi connectivity index (χ2n) is 16.9.